The van der Waals surface area contributed by atoms with Crippen molar-refractivity contribution in [3.8, 4) is 0 Å². The van der Waals surface area contributed by atoms with Crippen LogP contribution in [0, 0.1) is 5.92 Å². The molecule has 2 rings (SSSR count). The van der Waals surface area contributed by atoms with Gasteiger partial charge in [0.15, 0.2) is 0 Å². The fourth-order valence-electron chi connectivity index (χ4n) is 3.21. The number of nitrogens with zero attached hydrogens (tertiary/aromatic N) is 1. The van der Waals surface area contributed by atoms with Gasteiger partial charge in [-0.05, 0) is 25.8 Å². The zero-order valence-corrected chi connectivity index (χ0v) is 14.9. The van der Waals surface area contributed by atoms with Gasteiger partial charge in [-0.2, -0.15) is 0 Å². The molecule has 1 aromatic rings. The predicted molar refractivity (Wildman–Crippen MR) is 88.5 cm³/mol. The first-order valence-electron chi connectivity index (χ1n) is 7.97. The summed E-state index contributed by atoms with van der Waals surface area (Å²) in [6, 6.07) is 8.13. The van der Waals surface area contributed by atoms with E-state index in [9.17, 15) is 14.4 Å². The molecule has 0 aromatic heterocycles. The molecule has 0 unspecified atom stereocenters. The maximum absolute atomic E-state index is 12.7. The molecule has 2 atom stereocenters. The van der Waals surface area contributed by atoms with E-state index in [1.165, 1.54) is 19.1 Å². The zero-order valence-electron chi connectivity index (χ0n) is 14.9. The Morgan fingerprint density at radius 3 is 2.24 bits per heavy atom. The van der Waals surface area contributed by atoms with E-state index < -0.39 is 35.5 Å². The van der Waals surface area contributed by atoms with E-state index in [-0.39, 0.29) is 13.0 Å². The molecule has 0 bridgehead atoms. The van der Waals surface area contributed by atoms with Gasteiger partial charge in [0.2, 0.25) is 0 Å². The number of likely N-dealkylation sites (tertiary alicyclic amines) is 1. The fourth-order valence-corrected chi connectivity index (χ4v) is 3.21. The second-order valence-electron chi connectivity index (χ2n) is 6.52. The third-order valence-electron chi connectivity index (χ3n) is 4.38. The van der Waals surface area contributed by atoms with Crippen LogP contribution in [0.25, 0.3) is 0 Å². The van der Waals surface area contributed by atoms with Gasteiger partial charge in [0.1, 0.15) is 12.6 Å². The molecule has 1 saturated heterocycles. The second-order valence-corrected chi connectivity index (χ2v) is 6.52. The summed E-state index contributed by atoms with van der Waals surface area (Å²) in [5.41, 5.74) is 0.0675. The minimum Gasteiger partial charge on any atom is -0.469 e. The molecule has 0 N–H and O–H groups in total. The van der Waals surface area contributed by atoms with Crippen molar-refractivity contribution >= 4 is 18.0 Å². The van der Waals surface area contributed by atoms with Gasteiger partial charge in [-0.1, -0.05) is 30.3 Å². The molecule has 1 aliphatic rings. The number of carbonyl (C=O) groups is 3. The van der Waals surface area contributed by atoms with Crippen molar-refractivity contribution in [2.24, 2.45) is 5.92 Å². The molecule has 0 radical (unpaired) electrons. The number of esters is 2. The lowest BCUT2D eigenvalue weighted by atomic mass is 9.94. The van der Waals surface area contributed by atoms with Crippen molar-refractivity contribution in [3.05, 3.63) is 35.9 Å². The summed E-state index contributed by atoms with van der Waals surface area (Å²) in [4.78, 5) is 38.3. The first kappa shape index (κ1) is 18.8. The van der Waals surface area contributed by atoms with E-state index in [0.717, 1.165) is 5.56 Å². The quantitative estimate of drug-likeness (QED) is 0.612. The highest BCUT2D eigenvalue weighted by Gasteiger charge is 2.56. The molecular weight excluding hydrogens is 326 g/mol. The molecule has 1 fully saturated rings. The number of amides is 1. The van der Waals surface area contributed by atoms with Gasteiger partial charge in [0.25, 0.3) is 0 Å². The normalized spacial score (nSPS) is 21.5. The molecule has 7 heteroatoms. The Labute approximate surface area is 146 Å². The molecule has 25 heavy (non-hydrogen) atoms. The SMILES string of the molecule is COC(=O)[C@@H]1[C@H](C(=O)OC)CC(C)(C)N1C(=O)OCc1ccccc1. The number of carbonyl (C=O) groups excluding carboxylic acids is 3. The van der Waals surface area contributed by atoms with Crippen LogP contribution in [0.4, 0.5) is 4.79 Å². The Bertz CT molecular complexity index is 642. The topological polar surface area (TPSA) is 82.1 Å². The van der Waals surface area contributed by atoms with Crippen molar-refractivity contribution in [2.75, 3.05) is 14.2 Å². The molecule has 136 valence electrons. The summed E-state index contributed by atoms with van der Waals surface area (Å²) in [6.45, 7) is 3.62. The number of benzene rings is 1. The number of rotatable bonds is 4. The van der Waals surface area contributed by atoms with E-state index in [1.807, 2.05) is 30.3 Å². The Hall–Kier alpha value is -2.57. The van der Waals surface area contributed by atoms with Crippen LogP contribution in [0.1, 0.15) is 25.8 Å². The van der Waals surface area contributed by atoms with Crippen molar-refractivity contribution in [2.45, 2.75) is 38.5 Å². The molecule has 0 aliphatic carbocycles. The molecule has 1 aromatic carbocycles. The summed E-state index contributed by atoms with van der Waals surface area (Å²) in [6.07, 6.45) is -0.393. The number of hydrogen-bond acceptors (Lipinski definition) is 6. The van der Waals surface area contributed by atoms with Crippen molar-refractivity contribution < 1.29 is 28.6 Å². The maximum atomic E-state index is 12.7. The summed E-state index contributed by atoms with van der Waals surface area (Å²) in [7, 11) is 2.47. The van der Waals surface area contributed by atoms with Crippen molar-refractivity contribution in [3.63, 3.8) is 0 Å². The first-order chi connectivity index (χ1) is 11.8. The van der Waals surface area contributed by atoms with Crippen LogP contribution in [0.3, 0.4) is 0 Å². The standard InChI is InChI=1S/C18H23NO6/c1-18(2)10-13(15(20)23-3)14(16(21)24-4)19(18)17(22)25-11-12-8-6-5-7-9-12/h5-9,13-14H,10-11H2,1-4H3/t13-,14+/m1/s1. The van der Waals surface area contributed by atoms with E-state index in [0.29, 0.717) is 0 Å². The number of hydrogen-bond donors (Lipinski definition) is 0. The van der Waals surface area contributed by atoms with E-state index >= 15 is 0 Å². The maximum Gasteiger partial charge on any atom is 0.411 e. The first-order valence-corrected chi connectivity index (χ1v) is 7.97. The number of methoxy groups -OCH3 is 2. The van der Waals surface area contributed by atoms with Crippen LogP contribution in [0.15, 0.2) is 30.3 Å². The van der Waals surface area contributed by atoms with Gasteiger partial charge in [0, 0.05) is 5.54 Å². The molecule has 0 spiro atoms. The van der Waals surface area contributed by atoms with Crippen LogP contribution in [-0.4, -0.2) is 48.7 Å². The molecular formula is C18H23NO6. The van der Waals surface area contributed by atoms with Gasteiger partial charge in [0.05, 0.1) is 20.1 Å². The van der Waals surface area contributed by atoms with Gasteiger partial charge in [-0.15, -0.1) is 0 Å². The third-order valence-corrected chi connectivity index (χ3v) is 4.38. The highest BCUT2D eigenvalue weighted by molar-refractivity contribution is 5.89. The summed E-state index contributed by atoms with van der Waals surface area (Å²) < 4.78 is 14.9. The Kier molecular flexibility index (Phi) is 5.66. The smallest absolute Gasteiger partial charge is 0.411 e. The predicted octanol–water partition coefficient (Wildman–Crippen LogP) is 2.14. The number of ether oxygens (including phenoxy) is 3. The van der Waals surface area contributed by atoms with Crippen LogP contribution in [-0.2, 0) is 30.4 Å². The van der Waals surface area contributed by atoms with E-state index in [1.54, 1.807) is 13.8 Å². The summed E-state index contributed by atoms with van der Waals surface area (Å²) in [5.74, 6) is -2.02. The zero-order chi connectivity index (χ0) is 18.6. The summed E-state index contributed by atoms with van der Waals surface area (Å²) in [5, 5.41) is 0. The Balaban J connectivity index is 2.23. The molecule has 1 amide bonds. The lowest BCUT2D eigenvalue weighted by Gasteiger charge is -2.33. The minimum atomic E-state index is -1.07. The lowest BCUT2D eigenvalue weighted by Crippen LogP contribution is -2.51. The van der Waals surface area contributed by atoms with Crippen LogP contribution >= 0.6 is 0 Å². The van der Waals surface area contributed by atoms with Gasteiger partial charge in [-0.3, -0.25) is 9.69 Å². The van der Waals surface area contributed by atoms with Crippen LogP contribution in [0.2, 0.25) is 0 Å². The largest absolute Gasteiger partial charge is 0.469 e. The second kappa shape index (κ2) is 7.55. The van der Waals surface area contributed by atoms with Crippen molar-refractivity contribution in [1.29, 1.82) is 0 Å². The van der Waals surface area contributed by atoms with Crippen molar-refractivity contribution in [1.82, 2.24) is 4.90 Å². The molecule has 7 nitrogen and oxygen atoms in total. The monoisotopic (exact) mass is 349 g/mol. The average Bonchev–Trinajstić information content (AvgIpc) is 2.90. The average molecular weight is 349 g/mol. The molecule has 1 aliphatic heterocycles. The highest BCUT2D eigenvalue weighted by atomic mass is 16.6. The third kappa shape index (κ3) is 3.92. The highest BCUT2D eigenvalue weighted by Crippen LogP contribution is 2.39. The summed E-state index contributed by atoms with van der Waals surface area (Å²) >= 11 is 0. The Morgan fingerprint density at radius 2 is 1.68 bits per heavy atom. The Morgan fingerprint density at radius 1 is 1.08 bits per heavy atom. The van der Waals surface area contributed by atoms with E-state index in [2.05, 4.69) is 0 Å². The van der Waals surface area contributed by atoms with Gasteiger partial charge >= 0.3 is 18.0 Å². The van der Waals surface area contributed by atoms with Gasteiger partial charge in [-0.25, -0.2) is 9.59 Å². The van der Waals surface area contributed by atoms with E-state index in [4.69, 9.17) is 14.2 Å². The van der Waals surface area contributed by atoms with Gasteiger partial charge < -0.3 is 14.2 Å². The fraction of sp³-hybridized carbons (Fsp3) is 0.500. The molecule has 1 heterocycles. The lowest BCUT2D eigenvalue weighted by molar-refractivity contribution is -0.155. The molecule has 0 saturated carbocycles. The minimum absolute atomic E-state index is 0.0725. The van der Waals surface area contributed by atoms with Crippen LogP contribution in [0.5, 0.6) is 0 Å². The van der Waals surface area contributed by atoms with Crippen LogP contribution < -0.4 is 0 Å².